The molecule has 1 saturated heterocycles. The summed E-state index contributed by atoms with van der Waals surface area (Å²) in [7, 11) is 0. The van der Waals surface area contributed by atoms with Crippen molar-refractivity contribution < 1.29 is 14.4 Å². The third-order valence-corrected chi connectivity index (χ3v) is 4.86. The summed E-state index contributed by atoms with van der Waals surface area (Å²) < 4.78 is 0. The summed E-state index contributed by atoms with van der Waals surface area (Å²) in [5.74, 6) is -0.575. The number of nitrogens with one attached hydrogen (secondary N) is 3. The van der Waals surface area contributed by atoms with Crippen molar-refractivity contribution in [2.24, 2.45) is 5.92 Å². The van der Waals surface area contributed by atoms with Gasteiger partial charge < -0.3 is 15.2 Å². The van der Waals surface area contributed by atoms with Crippen LogP contribution in [0.2, 0.25) is 0 Å². The number of carbonyl (C=O) groups excluding carboxylic acids is 3. The molecule has 1 aliphatic heterocycles. The van der Waals surface area contributed by atoms with Gasteiger partial charge in [-0.15, -0.1) is 0 Å². The first-order chi connectivity index (χ1) is 14.1. The predicted molar refractivity (Wildman–Crippen MR) is 109 cm³/mol. The van der Waals surface area contributed by atoms with E-state index in [4.69, 9.17) is 0 Å². The molecule has 3 aromatic rings. The molecule has 2 heterocycles. The summed E-state index contributed by atoms with van der Waals surface area (Å²) >= 11 is 0. The van der Waals surface area contributed by atoms with Gasteiger partial charge in [0, 0.05) is 31.6 Å². The number of carbonyl (C=O) groups is 3. The van der Waals surface area contributed by atoms with Gasteiger partial charge in [0.05, 0.1) is 17.0 Å². The second kappa shape index (κ2) is 8.14. The third-order valence-electron chi connectivity index (χ3n) is 4.86. The lowest BCUT2D eigenvalue weighted by molar-refractivity contribution is -0.126. The average molecular weight is 391 g/mol. The third kappa shape index (κ3) is 4.26. The quantitative estimate of drug-likeness (QED) is 0.598. The Hall–Kier alpha value is -3.68. The molecule has 4 rings (SSSR count). The van der Waals surface area contributed by atoms with Gasteiger partial charge in [-0.2, -0.15) is 0 Å². The molecule has 8 heteroatoms. The Labute approximate surface area is 167 Å². The maximum atomic E-state index is 12.4. The highest BCUT2D eigenvalue weighted by molar-refractivity contribution is 6.00. The molecule has 1 atom stereocenters. The van der Waals surface area contributed by atoms with Gasteiger partial charge in [0.2, 0.25) is 23.7 Å². The minimum Gasteiger partial charge on any atom is -0.355 e. The van der Waals surface area contributed by atoms with Crippen LogP contribution >= 0.6 is 0 Å². The van der Waals surface area contributed by atoms with Crippen LogP contribution in [0.25, 0.3) is 11.0 Å². The average Bonchev–Trinajstić information content (AvgIpc) is 3.31. The molecule has 148 valence electrons. The van der Waals surface area contributed by atoms with E-state index in [0.29, 0.717) is 12.5 Å². The Morgan fingerprint density at radius 1 is 1.10 bits per heavy atom. The summed E-state index contributed by atoms with van der Waals surface area (Å²) in [6.45, 7) is 0.542. The molecular weight excluding hydrogens is 370 g/mol. The van der Waals surface area contributed by atoms with Crippen LogP contribution in [0.4, 0.5) is 11.6 Å². The van der Waals surface area contributed by atoms with E-state index in [1.54, 1.807) is 4.90 Å². The number of amides is 3. The van der Waals surface area contributed by atoms with E-state index >= 15 is 0 Å². The van der Waals surface area contributed by atoms with Crippen molar-refractivity contribution in [2.75, 3.05) is 23.3 Å². The SMILES string of the molecule is O=C(CCNC(=O)[C@H]1CC(=O)N(c2ccccc2)C1)Nc1nc2ccccc2[nH]1. The molecule has 29 heavy (non-hydrogen) atoms. The zero-order chi connectivity index (χ0) is 20.2. The Bertz CT molecular complexity index is 1010. The van der Waals surface area contributed by atoms with Gasteiger partial charge in [-0.25, -0.2) is 4.98 Å². The number of anilines is 2. The number of benzene rings is 2. The first-order valence-electron chi connectivity index (χ1n) is 9.48. The highest BCUT2D eigenvalue weighted by Crippen LogP contribution is 2.24. The van der Waals surface area contributed by atoms with E-state index in [9.17, 15) is 14.4 Å². The summed E-state index contributed by atoms with van der Waals surface area (Å²) in [5, 5.41) is 5.44. The van der Waals surface area contributed by atoms with Crippen LogP contribution in [0.5, 0.6) is 0 Å². The van der Waals surface area contributed by atoms with Gasteiger partial charge in [-0.3, -0.25) is 19.7 Å². The van der Waals surface area contributed by atoms with Crippen molar-refractivity contribution in [2.45, 2.75) is 12.8 Å². The monoisotopic (exact) mass is 391 g/mol. The Morgan fingerprint density at radius 2 is 1.86 bits per heavy atom. The maximum Gasteiger partial charge on any atom is 0.228 e. The predicted octanol–water partition coefficient (Wildman–Crippen LogP) is 2.06. The minimum absolute atomic E-state index is 0.0704. The normalized spacial score (nSPS) is 16.2. The van der Waals surface area contributed by atoms with Crippen LogP contribution in [-0.4, -0.2) is 40.8 Å². The smallest absolute Gasteiger partial charge is 0.228 e. The summed E-state index contributed by atoms with van der Waals surface area (Å²) in [6.07, 6.45) is 0.289. The van der Waals surface area contributed by atoms with E-state index in [0.717, 1.165) is 16.7 Å². The zero-order valence-corrected chi connectivity index (χ0v) is 15.7. The molecule has 0 bridgehead atoms. The van der Waals surface area contributed by atoms with Gasteiger partial charge in [0.1, 0.15) is 0 Å². The summed E-state index contributed by atoms with van der Waals surface area (Å²) in [5.41, 5.74) is 2.40. The van der Waals surface area contributed by atoms with E-state index in [-0.39, 0.29) is 37.1 Å². The van der Waals surface area contributed by atoms with E-state index in [2.05, 4.69) is 20.6 Å². The van der Waals surface area contributed by atoms with Crippen LogP contribution in [0.15, 0.2) is 54.6 Å². The van der Waals surface area contributed by atoms with Crippen LogP contribution in [0.3, 0.4) is 0 Å². The highest BCUT2D eigenvalue weighted by atomic mass is 16.2. The molecule has 0 aliphatic carbocycles. The van der Waals surface area contributed by atoms with E-state index in [1.807, 2.05) is 54.6 Å². The van der Waals surface area contributed by atoms with Gasteiger partial charge in [-0.05, 0) is 24.3 Å². The number of H-pyrrole nitrogens is 1. The van der Waals surface area contributed by atoms with Crippen molar-refractivity contribution in [1.29, 1.82) is 0 Å². The molecule has 1 aromatic heterocycles. The van der Waals surface area contributed by atoms with Gasteiger partial charge in [-0.1, -0.05) is 30.3 Å². The largest absolute Gasteiger partial charge is 0.355 e. The van der Waals surface area contributed by atoms with Crippen LogP contribution in [0.1, 0.15) is 12.8 Å². The molecule has 8 nitrogen and oxygen atoms in total. The fourth-order valence-corrected chi connectivity index (χ4v) is 3.39. The number of nitrogens with zero attached hydrogens (tertiary/aromatic N) is 2. The second-order valence-corrected chi connectivity index (χ2v) is 6.93. The molecule has 0 saturated carbocycles. The van der Waals surface area contributed by atoms with Crippen molar-refractivity contribution in [3.8, 4) is 0 Å². The number of imidazole rings is 1. The fourth-order valence-electron chi connectivity index (χ4n) is 3.39. The van der Waals surface area contributed by atoms with Crippen molar-refractivity contribution in [3.05, 3.63) is 54.6 Å². The fraction of sp³-hybridized carbons (Fsp3) is 0.238. The molecular formula is C21H21N5O3. The molecule has 0 unspecified atom stereocenters. The lowest BCUT2D eigenvalue weighted by Crippen LogP contribution is -2.34. The molecule has 0 radical (unpaired) electrons. The highest BCUT2D eigenvalue weighted by Gasteiger charge is 2.34. The van der Waals surface area contributed by atoms with Crippen molar-refractivity contribution in [3.63, 3.8) is 0 Å². The Balaban J connectivity index is 1.24. The number of aromatic nitrogens is 2. The molecule has 3 amide bonds. The van der Waals surface area contributed by atoms with Crippen LogP contribution in [0, 0.1) is 5.92 Å². The number of hydrogen-bond acceptors (Lipinski definition) is 4. The second-order valence-electron chi connectivity index (χ2n) is 6.93. The Kier molecular flexibility index (Phi) is 5.24. The van der Waals surface area contributed by atoms with Gasteiger partial charge in [0.15, 0.2) is 0 Å². The van der Waals surface area contributed by atoms with Crippen molar-refractivity contribution in [1.82, 2.24) is 15.3 Å². The summed E-state index contributed by atoms with van der Waals surface area (Å²) in [4.78, 5) is 45.6. The van der Waals surface area contributed by atoms with Gasteiger partial charge in [0.25, 0.3) is 0 Å². The molecule has 2 aromatic carbocycles. The maximum absolute atomic E-state index is 12.4. The number of rotatable bonds is 6. The minimum atomic E-state index is -0.416. The number of aromatic amines is 1. The number of para-hydroxylation sites is 3. The molecule has 1 fully saturated rings. The van der Waals surface area contributed by atoms with Crippen LogP contribution in [-0.2, 0) is 14.4 Å². The summed E-state index contributed by atoms with van der Waals surface area (Å²) in [6, 6.07) is 16.8. The molecule has 0 spiro atoms. The van der Waals surface area contributed by atoms with Gasteiger partial charge >= 0.3 is 0 Å². The first kappa shape index (κ1) is 18.7. The number of fused-ring (bicyclic) bond motifs is 1. The standard InChI is InChI=1S/C21H21N5O3/c27-18(25-21-23-16-8-4-5-9-17(16)24-21)10-11-22-20(29)14-12-19(28)26(13-14)15-6-2-1-3-7-15/h1-9,14H,10-13H2,(H,22,29)(H2,23,24,25,27)/t14-/m0/s1. The molecule has 1 aliphatic rings. The Morgan fingerprint density at radius 3 is 2.66 bits per heavy atom. The lowest BCUT2D eigenvalue weighted by atomic mass is 10.1. The van der Waals surface area contributed by atoms with Crippen LogP contribution < -0.4 is 15.5 Å². The topological polar surface area (TPSA) is 107 Å². The first-order valence-corrected chi connectivity index (χ1v) is 9.48. The number of hydrogen-bond donors (Lipinski definition) is 3. The van der Waals surface area contributed by atoms with E-state index in [1.165, 1.54) is 0 Å². The lowest BCUT2D eigenvalue weighted by Gasteiger charge is -2.16. The molecule has 3 N–H and O–H groups in total. The van der Waals surface area contributed by atoms with Crippen molar-refractivity contribution >= 4 is 40.4 Å². The van der Waals surface area contributed by atoms with E-state index < -0.39 is 5.92 Å². The zero-order valence-electron chi connectivity index (χ0n) is 15.7.